The number of ether oxygens (including phenoxy) is 1. The van der Waals surface area contributed by atoms with Crippen LogP contribution in [0.4, 0.5) is 0 Å². The molecule has 0 N–H and O–H groups in total. The van der Waals surface area contributed by atoms with Gasteiger partial charge in [-0.05, 0) is 12.1 Å². The lowest BCUT2D eigenvalue weighted by Gasteiger charge is -2.02. The molecule has 1 unspecified atom stereocenters. The highest BCUT2D eigenvalue weighted by Crippen LogP contribution is 2.25. The normalized spacial score (nSPS) is 18.3. The molecular formula is C11H12N4OS. The standard InChI is InChI=1S/C11H12N4OS/c1-15-10(8-2-4-12-5-3-8)13-14-11(15)17-7-9-6-16-9/h2-5,9H,6-7H2,1H3. The van der Waals surface area contributed by atoms with E-state index in [9.17, 15) is 0 Å². The molecule has 0 aromatic carbocycles. The fraction of sp³-hybridized carbons (Fsp3) is 0.364. The van der Waals surface area contributed by atoms with Gasteiger partial charge in [-0.2, -0.15) is 0 Å². The van der Waals surface area contributed by atoms with Crippen LogP contribution in [0.15, 0.2) is 29.7 Å². The number of aromatic nitrogens is 4. The zero-order chi connectivity index (χ0) is 11.7. The Morgan fingerprint density at radius 1 is 1.41 bits per heavy atom. The largest absolute Gasteiger partial charge is 0.372 e. The highest BCUT2D eigenvalue weighted by atomic mass is 32.2. The molecule has 2 aromatic rings. The second-order valence-corrected chi connectivity index (χ2v) is 4.85. The zero-order valence-electron chi connectivity index (χ0n) is 9.41. The summed E-state index contributed by atoms with van der Waals surface area (Å²) in [6.45, 7) is 0.877. The Bertz CT molecular complexity index is 509. The molecule has 6 heteroatoms. The van der Waals surface area contributed by atoms with Gasteiger partial charge < -0.3 is 9.30 Å². The maximum atomic E-state index is 5.17. The van der Waals surface area contributed by atoms with Gasteiger partial charge in [0.1, 0.15) is 0 Å². The summed E-state index contributed by atoms with van der Waals surface area (Å²) in [6, 6.07) is 3.87. The lowest BCUT2D eigenvalue weighted by atomic mass is 10.2. The van der Waals surface area contributed by atoms with Crippen LogP contribution < -0.4 is 0 Å². The third-order valence-electron chi connectivity index (χ3n) is 2.57. The number of rotatable bonds is 4. The first kappa shape index (κ1) is 10.7. The van der Waals surface area contributed by atoms with Crippen LogP contribution in [0.5, 0.6) is 0 Å². The van der Waals surface area contributed by atoms with Gasteiger partial charge >= 0.3 is 0 Å². The SMILES string of the molecule is Cn1c(SCC2CO2)nnc1-c1ccncc1. The number of hydrogen-bond acceptors (Lipinski definition) is 5. The van der Waals surface area contributed by atoms with Gasteiger partial charge in [-0.25, -0.2) is 0 Å². The first-order valence-electron chi connectivity index (χ1n) is 5.39. The van der Waals surface area contributed by atoms with Gasteiger partial charge in [-0.3, -0.25) is 4.98 Å². The molecule has 0 saturated carbocycles. The minimum absolute atomic E-state index is 0.404. The fourth-order valence-electron chi connectivity index (χ4n) is 1.52. The molecule has 0 spiro atoms. The molecule has 3 rings (SSSR count). The summed E-state index contributed by atoms with van der Waals surface area (Å²) in [7, 11) is 1.98. The quantitative estimate of drug-likeness (QED) is 0.604. The number of thioether (sulfide) groups is 1. The van der Waals surface area contributed by atoms with Crippen LogP contribution in [0.1, 0.15) is 0 Å². The number of hydrogen-bond donors (Lipinski definition) is 0. The van der Waals surface area contributed by atoms with E-state index in [0.29, 0.717) is 6.10 Å². The van der Waals surface area contributed by atoms with Crippen LogP contribution in [0, 0.1) is 0 Å². The average Bonchev–Trinajstić information content (AvgIpc) is 3.12. The molecule has 1 atom stereocenters. The van der Waals surface area contributed by atoms with Crippen molar-refractivity contribution in [1.29, 1.82) is 0 Å². The van der Waals surface area contributed by atoms with E-state index in [2.05, 4.69) is 15.2 Å². The molecule has 88 valence electrons. The van der Waals surface area contributed by atoms with E-state index in [4.69, 9.17) is 4.74 Å². The molecule has 2 aromatic heterocycles. The van der Waals surface area contributed by atoms with Crippen LogP contribution >= 0.6 is 11.8 Å². The molecule has 0 bridgehead atoms. The Morgan fingerprint density at radius 2 is 2.18 bits per heavy atom. The van der Waals surface area contributed by atoms with Crippen molar-refractivity contribution in [3.05, 3.63) is 24.5 Å². The molecule has 3 heterocycles. The molecule has 1 aliphatic rings. The van der Waals surface area contributed by atoms with Gasteiger partial charge in [0.2, 0.25) is 0 Å². The molecule has 0 amide bonds. The zero-order valence-corrected chi connectivity index (χ0v) is 10.2. The Kier molecular flexibility index (Phi) is 2.82. The maximum Gasteiger partial charge on any atom is 0.191 e. The predicted octanol–water partition coefficient (Wildman–Crippen LogP) is 1.37. The summed E-state index contributed by atoms with van der Waals surface area (Å²) in [5.41, 5.74) is 1.03. The Labute approximate surface area is 103 Å². The van der Waals surface area contributed by atoms with Crippen LogP contribution in [-0.4, -0.2) is 38.2 Å². The first-order chi connectivity index (χ1) is 8.34. The van der Waals surface area contributed by atoms with E-state index >= 15 is 0 Å². The van der Waals surface area contributed by atoms with Gasteiger partial charge in [-0.15, -0.1) is 10.2 Å². The third-order valence-corrected chi connectivity index (χ3v) is 3.73. The Balaban J connectivity index is 1.81. The van der Waals surface area contributed by atoms with Crippen molar-refractivity contribution >= 4 is 11.8 Å². The van der Waals surface area contributed by atoms with Gasteiger partial charge in [0.05, 0.1) is 12.7 Å². The summed E-state index contributed by atoms with van der Waals surface area (Å²) in [4.78, 5) is 4.00. The fourth-order valence-corrected chi connectivity index (χ4v) is 2.43. The average molecular weight is 248 g/mol. The van der Waals surface area contributed by atoms with Crippen LogP contribution in [0.2, 0.25) is 0 Å². The second-order valence-electron chi connectivity index (χ2n) is 3.87. The topological polar surface area (TPSA) is 56.1 Å². The molecule has 1 fully saturated rings. The molecular weight excluding hydrogens is 236 g/mol. The summed E-state index contributed by atoms with van der Waals surface area (Å²) in [6.07, 6.45) is 3.92. The van der Waals surface area contributed by atoms with Crippen molar-refractivity contribution in [2.75, 3.05) is 12.4 Å². The van der Waals surface area contributed by atoms with Crippen LogP contribution in [-0.2, 0) is 11.8 Å². The van der Waals surface area contributed by atoms with E-state index in [1.807, 2.05) is 23.7 Å². The summed E-state index contributed by atoms with van der Waals surface area (Å²) in [5.74, 6) is 1.81. The summed E-state index contributed by atoms with van der Waals surface area (Å²) in [5, 5.41) is 9.32. The molecule has 5 nitrogen and oxygen atoms in total. The smallest absolute Gasteiger partial charge is 0.191 e. The van der Waals surface area contributed by atoms with Gasteiger partial charge in [0, 0.05) is 30.8 Å². The maximum absolute atomic E-state index is 5.17. The van der Waals surface area contributed by atoms with Crippen molar-refractivity contribution in [2.45, 2.75) is 11.3 Å². The van der Waals surface area contributed by atoms with Crippen molar-refractivity contribution in [1.82, 2.24) is 19.7 Å². The lowest BCUT2D eigenvalue weighted by Crippen LogP contribution is -1.97. The summed E-state index contributed by atoms with van der Waals surface area (Å²) < 4.78 is 7.18. The molecule has 0 aliphatic carbocycles. The Morgan fingerprint density at radius 3 is 2.88 bits per heavy atom. The minimum atomic E-state index is 0.404. The highest BCUT2D eigenvalue weighted by Gasteiger charge is 2.23. The van der Waals surface area contributed by atoms with Crippen LogP contribution in [0.3, 0.4) is 0 Å². The van der Waals surface area contributed by atoms with E-state index in [1.165, 1.54) is 0 Å². The van der Waals surface area contributed by atoms with E-state index in [1.54, 1.807) is 24.2 Å². The van der Waals surface area contributed by atoms with Crippen molar-refractivity contribution in [2.24, 2.45) is 7.05 Å². The van der Waals surface area contributed by atoms with Crippen molar-refractivity contribution in [3.63, 3.8) is 0 Å². The number of pyridine rings is 1. The number of nitrogens with zero attached hydrogens (tertiary/aromatic N) is 4. The lowest BCUT2D eigenvalue weighted by molar-refractivity contribution is 0.426. The highest BCUT2D eigenvalue weighted by molar-refractivity contribution is 7.99. The monoisotopic (exact) mass is 248 g/mol. The van der Waals surface area contributed by atoms with Crippen molar-refractivity contribution < 1.29 is 4.74 Å². The molecule has 17 heavy (non-hydrogen) atoms. The van der Waals surface area contributed by atoms with E-state index in [-0.39, 0.29) is 0 Å². The van der Waals surface area contributed by atoms with Crippen LogP contribution in [0.25, 0.3) is 11.4 Å². The van der Waals surface area contributed by atoms with E-state index in [0.717, 1.165) is 28.9 Å². The minimum Gasteiger partial charge on any atom is -0.372 e. The van der Waals surface area contributed by atoms with Gasteiger partial charge in [0.25, 0.3) is 0 Å². The van der Waals surface area contributed by atoms with Gasteiger partial charge in [-0.1, -0.05) is 11.8 Å². The Hall–Kier alpha value is -1.40. The predicted molar refractivity (Wildman–Crippen MR) is 64.7 cm³/mol. The summed E-state index contributed by atoms with van der Waals surface area (Å²) >= 11 is 1.68. The second kappa shape index (κ2) is 4.46. The number of epoxide rings is 1. The van der Waals surface area contributed by atoms with Gasteiger partial charge in [0.15, 0.2) is 11.0 Å². The molecule has 1 saturated heterocycles. The molecule has 1 aliphatic heterocycles. The third kappa shape index (κ3) is 2.32. The van der Waals surface area contributed by atoms with Crippen molar-refractivity contribution in [3.8, 4) is 11.4 Å². The molecule has 0 radical (unpaired) electrons. The first-order valence-corrected chi connectivity index (χ1v) is 6.37. The van der Waals surface area contributed by atoms with E-state index < -0.39 is 0 Å².